The summed E-state index contributed by atoms with van der Waals surface area (Å²) in [5.41, 5.74) is 1.63. The Hall–Kier alpha value is -3.23. The molecule has 9 heteroatoms. The van der Waals surface area contributed by atoms with Crippen LogP contribution in [0.15, 0.2) is 29.7 Å². The number of nitrogens with one attached hydrogen (secondary N) is 1. The van der Waals surface area contributed by atoms with Crippen LogP contribution in [0.2, 0.25) is 0 Å². The number of allylic oxidation sites excluding steroid dienone is 1. The van der Waals surface area contributed by atoms with E-state index in [1.807, 2.05) is 0 Å². The van der Waals surface area contributed by atoms with Crippen molar-refractivity contribution in [2.75, 3.05) is 26.1 Å². The number of methoxy groups -OCH3 is 2. The van der Waals surface area contributed by atoms with Gasteiger partial charge in [0.1, 0.15) is 12.4 Å². The summed E-state index contributed by atoms with van der Waals surface area (Å²) in [6.45, 7) is 3.76. The lowest BCUT2D eigenvalue weighted by Crippen LogP contribution is -2.29. The number of hydrogen-bond acceptors (Lipinski definition) is 8. The minimum atomic E-state index is -0.615. The summed E-state index contributed by atoms with van der Waals surface area (Å²) in [6, 6.07) is 2.65. The molecule has 9 nitrogen and oxygen atoms in total. The predicted molar refractivity (Wildman–Crippen MR) is 92.3 cm³/mol. The van der Waals surface area contributed by atoms with Crippen molar-refractivity contribution in [2.24, 2.45) is 0 Å². The van der Waals surface area contributed by atoms with Gasteiger partial charge in [-0.1, -0.05) is 0 Å². The lowest BCUT2D eigenvalue weighted by Gasteiger charge is -2.28. The predicted octanol–water partition coefficient (Wildman–Crippen LogP) is 1.85. The van der Waals surface area contributed by atoms with Gasteiger partial charge in [-0.25, -0.2) is 9.48 Å². The molecule has 1 atom stereocenters. The van der Waals surface area contributed by atoms with Crippen molar-refractivity contribution >= 4 is 11.9 Å². The molecule has 0 radical (unpaired) electrons. The van der Waals surface area contributed by atoms with Gasteiger partial charge in [-0.2, -0.15) is 10.1 Å². The molecule has 138 valence electrons. The lowest BCUT2D eigenvalue weighted by atomic mass is 9.95. The van der Waals surface area contributed by atoms with Gasteiger partial charge in [0.05, 0.1) is 26.4 Å². The van der Waals surface area contributed by atoms with Crippen molar-refractivity contribution in [3.05, 3.63) is 35.3 Å². The molecule has 0 fully saturated rings. The highest BCUT2D eigenvalue weighted by Crippen LogP contribution is 2.43. The molecule has 0 aliphatic carbocycles. The smallest absolute Gasteiger partial charge is 0.338 e. The van der Waals surface area contributed by atoms with E-state index >= 15 is 0 Å². The van der Waals surface area contributed by atoms with Crippen LogP contribution in [0, 0.1) is 0 Å². The first-order valence-corrected chi connectivity index (χ1v) is 8.01. The van der Waals surface area contributed by atoms with Crippen LogP contribution in [-0.4, -0.2) is 46.7 Å². The summed E-state index contributed by atoms with van der Waals surface area (Å²) in [7, 11) is 2.88. The van der Waals surface area contributed by atoms with Crippen LogP contribution in [0.3, 0.4) is 0 Å². The van der Waals surface area contributed by atoms with Crippen LogP contribution in [0.5, 0.6) is 17.2 Å². The van der Waals surface area contributed by atoms with Gasteiger partial charge in [0.15, 0.2) is 11.5 Å². The number of phenols is 1. The van der Waals surface area contributed by atoms with E-state index in [4.69, 9.17) is 14.2 Å². The quantitative estimate of drug-likeness (QED) is 0.778. The number of hydrogen-bond donors (Lipinski definition) is 2. The molecule has 2 N–H and O–H groups in total. The molecule has 26 heavy (non-hydrogen) atoms. The number of phenolic OH excluding ortho intramolecular Hbond substituents is 1. The van der Waals surface area contributed by atoms with E-state index in [2.05, 4.69) is 15.4 Å². The Balaban J connectivity index is 2.21. The van der Waals surface area contributed by atoms with E-state index in [9.17, 15) is 9.90 Å². The van der Waals surface area contributed by atoms with E-state index < -0.39 is 12.0 Å². The minimum absolute atomic E-state index is 0.120. The second-order valence-corrected chi connectivity index (χ2v) is 5.59. The van der Waals surface area contributed by atoms with Crippen LogP contribution in [0.25, 0.3) is 0 Å². The molecule has 1 unspecified atom stereocenters. The van der Waals surface area contributed by atoms with Crippen molar-refractivity contribution in [1.82, 2.24) is 14.8 Å². The van der Waals surface area contributed by atoms with Crippen LogP contribution in [-0.2, 0) is 9.53 Å². The first-order valence-electron chi connectivity index (χ1n) is 8.01. The van der Waals surface area contributed by atoms with Gasteiger partial charge < -0.3 is 24.6 Å². The number of benzene rings is 1. The third kappa shape index (κ3) is 2.81. The molecule has 0 saturated heterocycles. The minimum Gasteiger partial charge on any atom is -0.502 e. The molecule has 0 bridgehead atoms. The van der Waals surface area contributed by atoms with Gasteiger partial charge in [0.2, 0.25) is 11.7 Å². The number of carbonyl (C=O) groups excluding carboxylic acids is 1. The Labute approximate surface area is 150 Å². The Morgan fingerprint density at radius 3 is 2.54 bits per heavy atom. The molecule has 1 aliphatic heterocycles. The lowest BCUT2D eigenvalue weighted by molar-refractivity contribution is -0.139. The molecule has 1 aromatic carbocycles. The monoisotopic (exact) mass is 360 g/mol. The molecule has 1 aliphatic rings. The fraction of sp³-hybridized carbons (Fsp3) is 0.353. The van der Waals surface area contributed by atoms with E-state index in [0.717, 1.165) is 0 Å². The molecule has 0 spiro atoms. The number of anilines is 1. The summed E-state index contributed by atoms with van der Waals surface area (Å²) in [5, 5.41) is 17.5. The number of rotatable bonds is 5. The number of esters is 1. The number of carbonyl (C=O) groups is 1. The van der Waals surface area contributed by atoms with Crippen molar-refractivity contribution in [2.45, 2.75) is 19.9 Å². The maximum absolute atomic E-state index is 12.6. The molecular formula is C17H20N4O5. The van der Waals surface area contributed by atoms with Gasteiger partial charge in [-0.15, -0.1) is 0 Å². The third-order valence-corrected chi connectivity index (χ3v) is 4.11. The van der Waals surface area contributed by atoms with Crippen LogP contribution in [0.1, 0.15) is 25.5 Å². The maximum Gasteiger partial charge on any atom is 0.338 e. The second kappa shape index (κ2) is 6.95. The molecule has 2 heterocycles. The van der Waals surface area contributed by atoms with Gasteiger partial charge in [0.25, 0.3) is 0 Å². The SMILES string of the molecule is CCOC(=O)C1=C(C)Nc2ncnn2C1c1cc(OC)c(O)c(OC)c1. The summed E-state index contributed by atoms with van der Waals surface area (Å²) < 4.78 is 17.3. The third-order valence-electron chi connectivity index (χ3n) is 4.11. The summed E-state index contributed by atoms with van der Waals surface area (Å²) in [4.78, 5) is 16.8. The fourth-order valence-electron chi connectivity index (χ4n) is 2.94. The number of ether oxygens (including phenoxy) is 3. The fourth-order valence-corrected chi connectivity index (χ4v) is 2.94. The first-order chi connectivity index (χ1) is 12.5. The molecule has 1 aromatic heterocycles. The summed E-state index contributed by atoms with van der Waals surface area (Å²) in [5.74, 6) is 0.354. The topological polar surface area (TPSA) is 108 Å². The average molecular weight is 360 g/mol. The zero-order valence-electron chi connectivity index (χ0n) is 14.9. The van der Waals surface area contributed by atoms with Crippen LogP contribution < -0.4 is 14.8 Å². The van der Waals surface area contributed by atoms with E-state index in [-0.39, 0.29) is 23.9 Å². The summed E-state index contributed by atoms with van der Waals surface area (Å²) in [6.07, 6.45) is 1.39. The number of aromatic nitrogens is 3. The van der Waals surface area contributed by atoms with Gasteiger partial charge >= 0.3 is 5.97 Å². The molecular weight excluding hydrogens is 340 g/mol. The molecule has 3 rings (SSSR count). The second-order valence-electron chi connectivity index (χ2n) is 5.59. The zero-order valence-corrected chi connectivity index (χ0v) is 14.9. The van der Waals surface area contributed by atoms with Gasteiger partial charge in [0, 0.05) is 5.70 Å². The number of aromatic hydroxyl groups is 1. The number of nitrogens with zero attached hydrogens (tertiary/aromatic N) is 3. The van der Waals surface area contributed by atoms with E-state index in [0.29, 0.717) is 22.8 Å². The molecule has 2 aromatic rings. The van der Waals surface area contributed by atoms with Crippen molar-refractivity contribution in [3.63, 3.8) is 0 Å². The maximum atomic E-state index is 12.6. The highest BCUT2D eigenvalue weighted by atomic mass is 16.5. The van der Waals surface area contributed by atoms with Crippen molar-refractivity contribution < 1.29 is 24.1 Å². The van der Waals surface area contributed by atoms with Crippen LogP contribution in [0.4, 0.5) is 5.95 Å². The largest absolute Gasteiger partial charge is 0.502 e. The zero-order chi connectivity index (χ0) is 18.8. The molecule has 0 amide bonds. The Bertz CT molecular complexity index is 849. The highest BCUT2D eigenvalue weighted by Gasteiger charge is 2.35. The molecule has 0 saturated carbocycles. The Morgan fingerprint density at radius 1 is 1.31 bits per heavy atom. The van der Waals surface area contributed by atoms with Crippen LogP contribution >= 0.6 is 0 Å². The average Bonchev–Trinajstić information content (AvgIpc) is 3.08. The summed E-state index contributed by atoms with van der Waals surface area (Å²) >= 11 is 0. The Kier molecular flexibility index (Phi) is 4.70. The standard InChI is InChI=1S/C17H20N4O5/c1-5-26-16(23)13-9(2)20-17-18-8-19-21(17)14(13)10-6-11(24-3)15(22)12(7-10)25-4/h6-8,14,22H,5H2,1-4H3,(H,18,19,20). The number of fused-ring (bicyclic) bond motifs is 1. The Morgan fingerprint density at radius 2 is 1.96 bits per heavy atom. The van der Waals surface area contributed by atoms with E-state index in [1.54, 1.807) is 30.7 Å². The van der Waals surface area contributed by atoms with Gasteiger partial charge in [-0.3, -0.25) is 0 Å². The first kappa shape index (κ1) is 17.6. The van der Waals surface area contributed by atoms with E-state index in [1.165, 1.54) is 20.5 Å². The van der Waals surface area contributed by atoms with Crippen molar-refractivity contribution in [1.29, 1.82) is 0 Å². The van der Waals surface area contributed by atoms with Gasteiger partial charge in [-0.05, 0) is 31.5 Å². The highest BCUT2D eigenvalue weighted by molar-refractivity contribution is 5.92. The van der Waals surface area contributed by atoms with Crippen molar-refractivity contribution in [3.8, 4) is 17.2 Å². The normalized spacial score (nSPS) is 15.9.